The van der Waals surface area contributed by atoms with E-state index in [1.54, 1.807) is 0 Å². The Labute approximate surface area is 118 Å². The normalized spacial score (nSPS) is 23.5. The predicted molar refractivity (Wildman–Crippen MR) is 77.8 cm³/mol. The van der Waals surface area contributed by atoms with Gasteiger partial charge in [-0.15, -0.1) is 0 Å². The highest BCUT2D eigenvalue weighted by Crippen LogP contribution is 2.33. The Morgan fingerprint density at radius 1 is 1.00 bits per heavy atom. The zero-order chi connectivity index (χ0) is 13.2. The fourth-order valence-corrected chi connectivity index (χ4v) is 2.94. The van der Waals surface area contributed by atoms with Gasteiger partial charge in [0.15, 0.2) is 0 Å². The summed E-state index contributed by atoms with van der Waals surface area (Å²) in [6.07, 6.45) is 3.49. The maximum absolute atomic E-state index is 10.0. The van der Waals surface area contributed by atoms with Crippen LogP contribution in [0.5, 0.6) is 5.75 Å². The van der Waals surface area contributed by atoms with E-state index in [9.17, 15) is 5.11 Å². The van der Waals surface area contributed by atoms with Crippen molar-refractivity contribution >= 4 is 22.4 Å². The Morgan fingerprint density at radius 2 is 1.74 bits per heavy atom. The first-order valence-corrected chi connectivity index (χ1v) is 7.15. The maximum Gasteiger partial charge on any atom is 0.127 e. The van der Waals surface area contributed by atoms with E-state index in [2.05, 4.69) is 0 Å². The lowest BCUT2D eigenvalue weighted by molar-refractivity contribution is 0.00768. The SMILES string of the molecule is O[C@@H]1CCCC[C@H]1Oc1ccc(Cl)c2ccccc12. The number of rotatable bonds is 2. The first kappa shape index (κ1) is 12.8. The minimum atomic E-state index is -0.358. The summed E-state index contributed by atoms with van der Waals surface area (Å²) in [4.78, 5) is 0. The van der Waals surface area contributed by atoms with Crippen molar-refractivity contribution < 1.29 is 9.84 Å². The second kappa shape index (κ2) is 5.40. The van der Waals surface area contributed by atoms with Crippen molar-refractivity contribution in [2.45, 2.75) is 37.9 Å². The van der Waals surface area contributed by atoms with Crippen LogP contribution >= 0.6 is 11.6 Å². The lowest BCUT2D eigenvalue weighted by Gasteiger charge is -2.28. The fourth-order valence-electron chi connectivity index (χ4n) is 2.72. The Balaban J connectivity index is 1.94. The molecule has 0 spiro atoms. The van der Waals surface area contributed by atoms with E-state index in [1.807, 2.05) is 36.4 Å². The largest absolute Gasteiger partial charge is 0.487 e. The van der Waals surface area contributed by atoms with Crippen LogP contribution in [0.4, 0.5) is 0 Å². The van der Waals surface area contributed by atoms with Gasteiger partial charge < -0.3 is 9.84 Å². The van der Waals surface area contributed by atoms with E-state index >= 15 is 0 Å². The van der Waals surface area contributed by atoms with Crippen molar-refractivity contribution in [1.82, 2.24) is 0 Å². The summed E-state index contributed by atoms with van der Waals surface area (Å²) in [5.41, 5.74) is 0. The number of aliphatic hydroxyl groups excluding tert-OH is 1. The van der Waals surface area contributed by atoms with Crippen LogP contribution in [0.3, 0.4) is 0 Å². The van der Waals surface area contributed by atoms with E-state index < -0.39 is 0 Å². The number of aliphatic hydroxyl groups is 1. The molecule has 0 radical (unpaired) electrons. The van der Waals surface area contributed by atoms with Crippen LogP contribution in [-0.4, -0.2) is 17.3 Å². The van der Waals surface area contributed by atoms with E-state index in [1.165, 1.54) is 0 Å². The average molecular weight is 277 g/mol. The summed E-state index contributed by atoms with van der Waals surface area (Å²) < 4.78 is 6.03. The lowest BCUT2D eigenvalue weighted by atomic mass is 9.95. The number of hydrogen-bond donors (Lipinski definition) is 1. The molecule has 0 unspecified atom stereocenters. The van der Waals surface area contributed by atoms with Crippen LogP contribution in [0.25, 0.3) is 10.8 Å². The molecular formula is C16H17ClO2. The van der Waals surface area contributed by atoms with Crippen molar-refractivity contribution in [3.8, 4) is 5.75 Å². The van der Waals surface area contributed by atoms with Crippen LogP contribution in [0.1, 0.15) is 25.7 Å². The van der Waals surface area contributed by atoms with E-state index in [0.717, 1.165) is 47.2 Å². The molecular weight excluding hydrogens is 260 g/mol. The molecule has 3 rings (SSSR count). The summed E-state index contributed by atoms with van der Waals surface area (Å²) in [5, 5.41) is 12.7. The van der Waals surface area contributed by atoms with E-state index in [0.29, 0.717) is 0 Å². The Kier molecular flexibility index (Phi) is 3.63. The van der Waals surface area contributed by atoms with E-state index in [4.69, 9.17) is 16.3 Å². The van der Waals surface area contributed by atoms with Crippen LogP contribution in [0.2, 0.25) is 5.02 Å². The smallest absolute Gasteiger partial charge is 0.127 e. The van der Waals surface area contributed by atoms with Gasteiger partial charge in [0.2, 0.25) is 0 Å². The Hall–Kier alpha value is -1.25. The molecule has 1 aliphatic carbocycles. The number of benzene rings is 2. The van der Waals surface area contributed by atoms with Gasteiger partial charge in [-0.3, -0.25) is 0 Å². The van der Waals surface area contributed by atoms with Crippen molar-refractivity contribution in [2.75, 3.05) is 0 Å². The summed E-state index contributed by atoms with van der Waals surface area (Å²) >= 11 is 6.20. The second-order valence-electron chi connectivity index (χ2n) is 5.10. The Morgan fingerprint density at radius 3 is 2.53 bits per heavy atom. The van der Waals surface area contributed by atoms with Crippen LogP contribution < -0.4 is 4.74 Å². The van der Waals surface area contributed by atoms with Crippen molar-refractivity contribution in [2.24, 2.45) is 0 Å². The lowest BCUT2D eigenvalue weighted by Crippen LogP contribution is -2.34. The minimum absolute atomic E-state index is 0.0988. The third kappa shape index (κ3) is 2.56. The summed E-state index contributed by atoms with van der Waals surface area (Å²) in [6.45, 7) is 0. The highest BCUT2D eigenvalue weighted by molar-refractivity contribution is 6.35. The predicted octanol–water partition coefficient (Wildman–Crippen LogP) is 4.18. The van der Waals surface area contributed by atoms with Crippen molar-refractivity contribution in [1.29, 1.82) is 0 Å². The molecule has 0 aliphatic heterocycles. The molecule has 2 atom stereocenters. The molecule has 1 fully saturated rings. The average Bonchev–Trinajstić information content (AvgIpc) is 2.44. The second-order valence-corrected chi connectivity index (χ2v) is 5.51. The summed E-state index contributed by atoms with van der Waals surface area (Å²) in [7, 11) is 0. The van der Waals surface area contributed by atoms with Gasteiger partial charge in [0.05, 0.1) is 6.10 Å². The van der Waals surface area contributed by atoms with Gasteiger partial charge in [-0.05, 0) is 31.4 Å². The highest BCUT2D eigenvalue weighted by Gasteiger charge is 2.25. The molecule has 3 heteroatoms. The number of ether oxygens (including phenoxy) is 1. The molecule has 1 N–H and O–H groups in total. The van der Waals surface area contributed by atoms with Gasteiger partial charge in [0.1, 0.15) is 11.9 Å². The summed E-state index contributed by atoms with van der Waals surface area (Å²) in [5.74, 6) is 0.811. The minimum Gasteiger partial charge on any atom is -0.487 e. The summed E-state index contributed by atoms with van der Waals surface area (Å²) in [6, 6.07) is 11.7. The van der Waals surface area contributed by atoms with Crippen molar-refractivity contribution in [3.63, 3.8) is 0 Å². The molecule has 1 saturated carbocycles. The van der Waals surface area contributed by atoms with Crippen LogP contribution in [0, 0.1) is 0 Å². The molecule has 2 aromatic carbocycles. The monoisotopic (exact) mass is 276 g/mol. The van der Waals surface area contributed by atoms with E-state index in [-0.39, 0.29) is 12.2 Å². The van der Waals surface area contributed by atoms with Crippen molar-refractivity contribution in [3.05, 3.63) is 41.4 Å². The standard InChI is InChI=1S/C16H17ClO2/c17-13-9-10-15(12-6-2-1-5-11(12)13)19-16-8-4-3-7-14(16)18/h1-2,5-6,9-10,14,16,18H,3-4,7-8H2/t14-,16-/m1/s1. The third-order valence-corrected chi connectivity index (χ3v) is 4.11. The molecule has 0 heterocycles. The first-order chi connectivity index (χ1) is 9.25. The van der Waals surface area contributed by atoms with Crippen LogP contribution in [-0.2, 0) is 0 Å². The fraction of sp³-hybridized carbons (Fsp3) is 0.375. The maximum atomic E-state index is 10.0. The van der Waals surface area contributed by atoms with Gasteiger partial charge >= 0.3 is 0 Å². The molecule has 1 aliphatic rings. The molecule has 2 aromatic rings. The molecule has 19 heavy (non-hydrogen) atoms. The molecule has 0 amide bonds. The van der Waals surface area contributed by atoms with Gasteiger partial charge in [-0.2, -0.15) is 0 Å². The van der Waals surface area contributed by atoms with Gasteiger partial charge in [0.25, 0.3) is 0 Å². The third-order valence-electron chi connectivity index (χ3n) is 3.78. The zero-order valence-corrected chi connectivity index (χ0v) is 11.4. The van der Waals surface area contributed by atoms with Crippen LogP contribution in [0.15, 0.2) is 36.4 Å². The van der Waals surface area contributed by atoms with Gasteiger partial charge in [0, 0.05) is 15.8 Å². The van der Waals surface area contributed by atoms with Gasteiger partial charge in [-0.25, -0.2) is 0 Å². The number of hydrogen-bond acceptors (Lipinski definition) is 2. The molecule has 0 bridgehead atoms. The molecule has 0 saturated heterocycles. The number of halogens is 1. The Bertz CT molecular complexity index is 582. The zero-order valence-electron chi connectivity index (χ0n) is 10.7. The topological polar surface area (TPSA) is 29.5 Å². The first-order valence-electron chi connectivity index (χ1n) is 6.77. The molecule has 100 valence electrons. The quantitative estimate of drug-likeness (QED) is 0.892. The highest BCUT2D eigenvalue weighted by atomic mass is 35.5. The molecule has 0 aromatic heterocycles. The van der Waals surface area contributed by atoms with Gasteiger partial charge in [-0.1, -0.05) is 42.3 Å². The molecule has 2 nitrogen and oxygen atoms in total. The number of fused-ring (bicyclic) bond motifs is 1.